The van der Waals surface area contributed by atoms with E-state index in [1.54, 1.807) is 23.5 Å². The summed E-state index contributed by atoms with van der Waals surface area (Å²) in [6.07, 6.45) is 0. The Kier molecular flexibility index (Phi) is 6.01. The van der Waals surface area contributed by atoms with E-state index in [-0.39, 0.29) is 24.6 Å². The zero-order valence-electron chi connectivity index (χ0n) is 18.6. The van der Waals surface area contributed by atoms with Gasteiger partial charge in [0.25, 0.3) is 11.5 Å². The Morgan fingerprint density at radius 3 is 2.56 bits per heavy atom. The minimum atomic E-state index is -0.214. The molecule has 0 saturated heterocycles. The number of hydrogen-bond donors (Lipinski definition) is 1. The summed E-state index contributed by atoms with van der Waals surface area (Å²) in [6, 6.07) is 26.6. The van der Waals surface area contributed by atoms with Crippen LogP contribution in [0.1, 0.15) is 16.1 Å². The Hall–Kier alpha value is -4.10. The van der Waals surface area contributed by atoms with Crippen molar-refractivity contribution in [3.8, 4) is 21.1 Å². The lowest BCUT2D eigenvalue weighted by molar-refractivity contribution is 0.0953. The van der Waals surface area contributed by atoms with Crippen molar-refractivity contribution in [1.82, 2.24) is 20.1 Å². The Morgan fingerprint density at radius 2 is 1.71 bits per heavy atom. The molecule has 0 aliphatic heterocycles. The number of amides is 1. The number of nitrogens with zero attached hydrogens (tertiary/aromatic N) is 3. The molecule has 0 bridgehead atoms. The van der Waals surface area contributed by atoms with E-state index in [1.807, 2.05) is 73.7 Å². The second-order valence-electron chi connectivity index (χ2n) is 7.86. The van der Waals surface area contributed by atoms with Gasteiger partial charge in [-0.2, -0.15) is 5.10 Å². The Balaban J connectivity index is 1.33. The second kappa shape index (κ2) is 9.41. The normalized spacial score (nSPS) is 11.0. The molecule has 168 valence electrons. The minimum absolute atomic E-state index is 0.174. The van der Waals surface area contributed by atoms with Crippen molar-refractivity contribution in [3.63, 3.8) is 0 Å². The number of hydrogen-bond acceptors (Lipinski definition) is 5. The molecule has 1 amide bonds. The van der Waals surface area contributed by atoms with Gasteiger partial charge in [0.05, 0.1) is 17.1 Å². The topological polar surface area (TPSA) is 76.9 Å². The van der Waals surface area contributed by atoms with Crippen molar-refractivity contribution in [2.75, 3.05) is 6.54 Å². The van der Waals surface area contributed by atoms with Crippen LogP contribution in [0.3, 0.4) is 0 Å². The number of benzene rings is 3. The first-order valence-corrected chi connectivity index (χ1v) is 11.8. The zero-order valence-corrected chi connectivity index (χ0v) is 19.4. The molecule has 6 nitrogen and oxygen atoms in total. The average molecular weight is 467 g/mol. The largest absolute Gasteiger partial charge is 0.350 e. The van der Waals surface area contributed by atoms with Crippen LogP contribution in [-0.4, -0.2) is 27.2 Å². The van der Waals surface area contributed by atoms with E-state index in [0.717, 1.165) is 31.9 Å². The smallest absolute Gasteiger partial charge is 0.266 e. The lowest BCUT2D eigenvalue weighted by atomic mass is 10.0. The lowest BCUT2D eigenvalue weighted by Crippen LogP contribution is -2.32. The van der Waals surface area contributed by atoms with Crippen LogP contribution < -0.4 is 10.9 Å². The predicted octanol–water partition coefficient (Wildman–Crippen LogP) is 4.93. The third-order valence-electron chi connectivity index (χ3n) is 5.56. The summed E-state index contributed by atoms with van der Waals surface area (Å²) in [5.41, 5.74) is 3.00. The van der Waals surface area contributed by atoms with Crippen LogP contribution in [0.4, 0.5) is 0 Å². The van der Waals surface area contributed by atoms with Crippen molar-refractivity contribution in [2.45, 2.75) is 13.5 Å². The van der Waals surface area contributed by atoms with Gasteiger partial charge in [0.2, 0.25) is 0 Å². The molecule has 0 spiro atoms. The van der Waals surface area contributed by atoms with Gasteiger partial charge in [0.1, 0.15) is 10.7 Å². The molecule has 5 rings (SSSR count). The fraction of sp³-hybridized carbons (Fsp3) is 0.111. The monoisotopic (exact) mass is 466 g/mol. The van der Waals surface area contributed by atoms with Crippen LogP contribution in [0.2, 0.25) is 0 Å². The summed E-state index contributed by atoms with van der Waals surface area (Å²) in [7, 11) is 0. The summed E-state index contributed by atoms with van der Waals surface area (Å²) >= 11 is 1.55. The van der Waals surface area contributed by atoms with E-state index < -0.39 is 0 Å². The molecule has 0 radical (unpaired) electrons. The van der Waals surface area contributed by atoms with Crippen LogP contribution in [0.5, 0.6) is 0 Å². The highest BCUT2D eigenvalue weighted by atomic mass is 32.1. The number of aromatic nitrogens is 3. The summed E-state index contributed by atoms with van der Waals surface area (Å²) in [4.78, 5) is 30.8. The number of carbonyl (C=O) groups is 1. The molecule has 7 heteroatoms. The van der Waals surface area contributed by atoms with Gasteiger partial charge in [0, 0.05) is 23.7 Å². The van der Waals surface area contributed by atoms with Gasteiger partial charge in [-0.3, -0.25) is 9.59 Å². The molecule has 0 atom stereocenters. The van der Waals surface area contributed by atoms with Gasteiger partial charge < -0.3 is 5.32 Å². The first kappa shape index (κ1) is 21.7. The van der Waals surface area contributed by atoms with E-state index in [9.17, 15) is 9.59 Å². The third-order valence-corrected chi connectivity index (χ3v) is 6.79. The highest BCUT2D eigenvalue weighted by Gasteiger charge is 2.14. The van der Waals surface area contributed by atoms with Gasteiger partial charge in [-0.15, -0.1) is 11.3 Å². The first-order valence-electron chi connectivity index (χ1n) is 11.0. The van der Waals surface area contributed by atoms with E-state index in [2.05, 4.69) is 15.4 Å². The third kappa shape index (κ3) is 4.38. The van der Waals surface area contributed by atoms with Crippen LogP contribution in [0.25, 0.3) is 31.9 Å². The van der Waals surface area contributed by atoms with E-state index in [4.69, 9.17) is 0 Å². The molecular formula is C27H22N4O2S. The van der Waals surface area contributed by atoms with Crippen LogP contribution in [0.15, 0.2) is 89.7 Å². The standard InChI is InChI=1S/C27H22N4O2S/c1-18-25(34-27(29-18)20-9-3-2-4-10-20)23-14-15-24(32)31(30-23)17-16-28-26(33)22-13-7-11-19-8-5-6-12-21(19)22/h2-15H,16-17H2,1H3,(H,28,33). The molecule has 0 aliphatic rings. The van der Waals surface area contributed by atoms with Crippen molar-refractivity contribution in [2.24, 2.45) is 0 Å². The molecule has 0 saturated carbocycles. The maximum atomic E-state index is 12.8. The Bertz CT molecular complexity index is 1530. The second-order valence-corrected chi connectivity index (χ2v) is 8.86. The predicted molar refractivity (Wildman–Crippen MR) is 136 cm³/mol. The van der Waals surface area contributed by atoms with Crippen molar-refractivity contribution >= 4 is 28.0 Å². The van der Waals surface area contributed by atoms with Crippen molar-refractivity contribution in [3.05, 3.63) is 107 Å². The molecule has 3 aromatic carbocycles. The molecule has 0 aliphatic carbocycles. The van der Waals surface area contributed by atoms with Crippen molar-refractivity contribution < 1.29 is 4.79 Å². The lowest BCUT2D eigenvalue weighted by Gasteiger charge is -2.10. The number of rotatable bonds is 6. The highest BCUT2D eigenvalue weighted by molar-refractivity contribution is 7.18. The number of thiazole rings is 1. The van der Waals surface area contributed by atoms with Gasteiger partial charge in [-0.1, -0.05) is 66.7 Å². The molecule has 2 aromatic heterocycles. The first-order chi connectivity index (χ1) is 16.6. The van der Waals surface area contributed by atoms with Gasteiger partial charge in [-0.25, -0.2) is 9.67 Å². The number of fused-ring (bicyclic) bond motifs is 1. The average Bonchev–Trinajstić information content (AvgIpc) is 3.27. The zero-order chi connectivity index (χ0) is 23.5. The minimum Gasteiger partial charge on any atom is -0.350 e. The van der Waals surface area contributed by atoms with Crippen molar-refractivity contribution in [1.29, 1.82) is 0 Å². The number of aryl methyl sites for hydroxylation is 1. The molecule has 5 aromatic rings. The summed E-state index contributed by atoms with van der Waals surface area (Å²) < 4.78 is 1.39. The quantitative estimate of drug-likeness (QED) is 0.385. The van der Waals surface area contributed by atoms with Crippen LogP contribution in [0, 0.1) is 6.92 Å². The molecule has 0 unspecified atom stereocenters. The fourth-order valence-corrected chi connectivity index (χ4v) is 4.90. The number of carbonyl (C=O) groups excluding carboxylic acids is 1. The highest BCUT2D eigenvalue weighted by Crippen LogP contribution is 2.33. The summed E-state index contributed by atoms with van der Waals surface area (Å²) in [5, 5.41) is 10.3. The maximum Gasteiger partial charge on any atom is 0.266 e. The molecule has 34 heavy (non-hydrogen) atoms. The van der Waals surface area contributed by atoms with Gasteiger partial charge in [-0.05, 0) is 29.8 Å². The number of nitrogens with one attached hydrogen (secondary N) is 1. The van der Waals surface area contributed by atoms with Crippen LogP contribution in [-0.2, 0) is 6.54 Å². The Morgan fingerprint density at radius 1 is 0.941 bits per heavy atom. The van der Waals surface area contributed by atoms with Gasteiger partial charge in [0.15, 0.2) is 0 Å². The SMILES string of the molecule is Cc1nc(-c2ccccc2)sc1-c1ccc(=O)n(CCNC(=O)c2cccc3ccccc23)n1. The molecule has 1 N–H and O–H groups in total. The molecule has 0 fully saturated rings. The molecular weight excluding hydrogens is 444 g/mol. The van der Waals surface area contributed by atoms with E-state index in [1.165, 1.54) is 10.7 Å². The molecule has 2 heterocycles. The van der Waals surface area contributed by atoms with E-state index >= 15 is 0 Å². The van der Waals surface area contributed by atoms with E-state index in [0.29, 0.717) is 11.3 Å². The summed E-state index contributed by atoms with van der Waals surface area (Å²) in [6.45, 7) is 2.50. The maximum absolute atomic E-state index is 12.8. The van der Waals surface area contributed by atoms with Crippen LogP contribution >= 0.6 is 11.3 Å². The Labute approximate surface area is 200 Å². The van der Waals surface area contributed by atoms with Gasteiger partial charge >= 0.3 is 0 Å². The fourth-order valence-electron chi connectivity index (χ4n) is 3.86. The summed E-state index contributed by atoms with van der Waals surface area (Å²) in [5.74, 6) is -0.174.